The van der Waals surface area contributed by atoms with Crippen molar-refractivity contribution in [2.75, 3.05) is 6.54 Å². The summed E-state index contributed by atoms with van der Waals surface area (Å²) in [5, 5.41) is 19.8. The molecule has 1 aromatic carbocycles. The molecule has 3 N–H and O–H groups in total. The van der Waals surface area contributed by atoms with E-state index in [0.717, 1.165) is 11.4 Å². The van der Waals surface area contributed by atoms with Crippen molar-refractivity contribution in [3.63, 3.8) is 0 Å². The minimum Gasteiger partial charge on any atom is -0.388 e. The first-order chi connectivity index (χ1) is 10.5. The number of hydrogen-bond donors (Lipinski definition) is 3. The molecule has 1 aromatic heterocycles. The third-order valence-electron chi connectivity index (χ3n) is 3.90. The standard InChI is InChI=1S/C16H22N4O2/c1-4-16(22,5-2)10-17-15(21)13-8-6-12(7-9-13)14-18-11(3)19-20-14/h6-9,22H,4-5,10H2,1-3H3,(H,17,21)(H,18,19,20). The summed E-state index contributed by atoms with van der Waals surface area (Å²) in [4.78, 5) is 16.4. The van der Waals surface area contributed by atoms with E-state index in [1.165, 1.54) is 0 Å². The lowest BCUT2D eigenvalue weighted by molar-refractivity contribution is 0.0314. The number of nitrogens with zero attached hydrogens (tertiary/aromatic N) is 2. The monoisotopic (exact) mass is 302 g/mol. The van der Waals surface area contributed by atoms with Crippen molar-refractivity contribution in [2.45, 2.75) is 39.2 Å². The van der Waals surface area contributed by atoms with E-state index in [9.17, 15) is 9.90 Å². The Labute approximate surface area is 130 Å². The Bertz CT molecular complexity index is 630. The predicted octanol–water partition coefficient (Wildman–Crippen LogP) is 2.06. The molecule has 2 rings (SSSR count). The van der Waals surface area contributed by atoms with Gasteiger partial charge in [0.2, 0.25) is 0 Å². The van der Waals surface area contributed by atoms with Crippen molar-refractivity contribution >= 4 is 5.91 Å². The van der Waals surface area contributed by atoms with Crippen molar-refractivity contribution in [3.8, 4) is 11.4 Å². The van der Waals surface area contributed by atoms with Crippen LogP contribution in [0.1, 0.15) is 42.9 Å². The first-order valence-electron chi connectivity index (χ1n) is 7.47. The molecule has 0 saturated heterocycles. The van der Waals surface area contributed by atoms with Gasteiger partial charge in [-0.05, 0) is 31.9 Å². The normalized spacial score (nSPS) is 11.5. The minimum atomic E-state index is -0.841. The fraction of sp³-hybridized carbons (Fsp3) is 0.438. The van der Waals surface area contributed by atoms with Gasteiger partial charge in [-0.3, -0.25) is 9.89 Å². The van der Waals surface area contributed by atoms with Gasteiger partial charge in [0.25, 0.3) is 5.91 Å². The Morgan fingerprint density at radius 3 is 2.41 bits per heavy atom. The van der Waals surface area contributed by atoms with Crippen LogP contribution < -0.4 is 5.32 Å². The molecule has 118 valence electrons. The highest BCUT2D eigenvalue weighted by Crippen LogP contribution is 2.16. The van der Waals surface area contributed by atoms with E-state index >= 15 is 0 Å². The number of nitrogens with one attached hydrogen (secondary N) is 2. The fourth-order valence-electron chi connectivity index (χ4n) is 2.09. The summed E-state index contributed by atoms with van der Waals surface area (Å²) >= 11 is 0. The Balaban J connectivity index is 2.02. The van der Waals surface area contributed by atoms with Crippen molar-refractivity contribution in [2.24, 2.45) is 0 Å². The number of aliphatic hydroxyl groups is 1. The predicted molar refractivity (Wildman–Crippen MR) is 84.4 cm³/mol. The van der Waals surface area contributed by atoms with Crippen molar-refractivity contribution in [1.29, 1.82) is 0 Å². The van der Waals surface area contributed by atoms with Gasteiger partial charge >= 0.3 is 0 Å². The molecule has 1 amide bonds. The first kappa shape index (κ1) is 16.2. The number of amides is 1. The Hall–Kier alpha value is -2.21. The first-order valence-corrected chi connectivity index (χ1v) is 7.47. The molecule has 0 saturated carbocycles. The van der Waals surface area contributed by atoms with Crippen LogP contribution in [-0.4, -0.2) is 38.3 Å². The van der Waals surface area contributed by atoms with E-state index < -0.39 is 5.60 Å². The second-order valence-corrected chi connectivity index (χ2v) is 5.44. The summed E-state index contributed by atoms with van der Waals surface area (Å²) < 4.78 is 0. The summed E-state index contributed by atoms with van der Waals surface area (Å²) in [6.45, 7) is 5.90. The van der Waals surface area contributed by atoms with Crippen LogP contribution in [0.3, 0.4) is 0 Å². The van der Waals surface area contributed by atoms with Crippen molar-refractivity contribution < 1.29 is 9.90 Å². The largest absolute Gasteiger partial charge is 0.388 e. The van der Waals surface area contributed by atoms with Crippen LogP contribution in [-0.2, 0) is 0 Å². The average molecular weight is 302 g/mol. The summed E-state index contributed by atoms with van der Waals surface area (Å²) in [6, 6.07) is 7.08. The summed E-state index contributed by atoms with van der Waals surface area (Å²) in [6.07, 6.45) is 1.21. The molecule has 0 spiro atoms. The van der Waals surface area contributed by atoms with Gasteiger partial charge in [-0.15, -0.1) is 0 Å². The number of carbonyl (C=O) groups excluding carboxylic acids is 1. The Morgan fingerprint density at radius 1 is 1.27 bits per heavy atom. The number of carbonyl (C=O) groups is 1. The van der Waals surface area contributed by atoms with Crippen LogP contribution >= 0.6 is 0 Å². The van der Waals surface area contributed by atoms with Crippen LogP contribution in [0.5, 0.6) is 0 Å². The van der Waals surface area contributed by atoms with E-state index in [-0.39, 0.29) is 12.5 Å². The zero-order valence-electron chi connectivity index (χ0n) is 13.2. The highest BCUT2D eigenvalue weighted by atomic mass is 16.3. The molecular weight excluding hydrogens is 280 g/mol. The molecule has 0 unspecified atom stereocenters. The number of aromatic nitrogens is 3. The molecule has 6 nitrogen and oxygen atoms in total. The van der Waals surface area contributed by atoms with Gasteiger partial charge in [-0.25, -0.2) is 4.98 Å². The molecule has 22 heavy (non-hydrogen) atoms. The molecule has 0 radical (unpaired) electrons. The van der Waals surface area contributed by atoms with Gasteiger partial charge in [0, 0.05) is 17.7 Å². The number of rotatable bonds is 6. The van der Waals surface area contributed by atoms with E-state index in [0.29, 0.717) is 24.2 Å². The SMILES string of the molecule is CCC(O)(CC)CNC(=O)c1ccc(-c2n[nH]c(C)n2)cc1. The van der Waals surface area contributed by atoms with Crippen molar-refractivity contribution in [1.82, 2.24) is 20.5 Å². The van der Waals surface area contributed by atoms with Gasteiger partial charge in [-0.1, -0.05) is 26.0 Å². The van der Waals surface area contributed by atoms with Crippen LogP contribution in [0, 0.1) is 6.92 Å². The maximum atomic E-state index is 12.1. The lowest BCUT2D eigenvalue weighted by Crippen LogP contribution is -2.42. The third-order valence-corrected chi connectivity index (χ3v) is 3.90. The van der Waals surface area contributed by atoms with Crippen LogP contribution in [0.25, 0.3) is 11.4 Å². The van der Waals surface area contributed by atoms with E-state index in [4.69, 9.17) is 0 Å². The molecule has 0 aliphatic carbocycles. The maximum absolute atomic E-state index is 12.1. The molecule has 0 aliphatic rings. The van der Waals surface area contributed by atoms with E-state index in [1.54, 1.807) is 12.1 Å². The highest BCUT2D eigenvalue weighted by molar-refractivity contribution is 5.94. The molecule has 2 aromatic rings. The maximum Gasteiger partial charge on any atom is 0.251 e. The van der Waals surface area contributed by atoms with E-state index in [2.05, 4.69) is 20.5 Å². The smallest absolute Gasteiger partial charge is 0.251 e. The molecular formula is C16H22N4O2. The van der Waals surface area contributed by atoms with Gasteiger partial charge < -0.3 is 10.4 Å². The lowest BCUT2D eigenvalue weighted by atomic mass is 9.97. The Morgan fingerprint density at radius 2 is 1.91 bits per heavy atom. The van der Waals surface area contributed by atoms with Gasteiger partial charge in [0.1, 0.15) is 5.82 Å². The number of H-pyrrole nitrogens is 1. The minimum absolute atomic E-state index is 0.196. The van der Waals surface area contributed by atoms with Gasteiger partial charge in [0.15, 0.2) is 5.82 Å². The van der Waals surface area contributed by atoms with Gasteiger partial charge in [-0.2, -0.15) is 5.10 Å². The molecule has 0 aliphatic heterocycles. The second kappa shape index (κ2) is 6.70. The highest BCUT2D eigenvalue weighted by Gasteiger charge is 2.23. The third kappa shape index (κ3) is 3.71. The van der Waals surface area contributed by atoms with Gasteiger partial charge in [0.05, 0.1) is 5.60 Å². The fourth-order valence-corrected chi connectivity index (χ4v) is 2.09. The zero-order valence-corrected chi connectivity index (χ0v) is 13.2. The number of aromatic amines is 1. The molecule has 0 fully saturated rings. The summed E-state index contributed by atoms with van der Waals surface area (Å²) in [5.41, 5.74) is 0.552. The summed E-state index contributed by atoms with van der Waals surface area (Å²) in [5.74, 6) is 1.16. The molecule has 0 bridgehead atoms. The lowest BCUT2D eigenvalue weighted by Gasteiger charge is -2.25. The number of benzene rings is 1. The topological polar surface area (TPSA) is 90.9 Å². The van der Waals surface area contributed by atoms with Crippen molar-refractivity contribution in [3.05, 3.63) is 35.7 Å². The van der Waals surface area contributed by atoms with Crippen LogP contribution in [0.4, 0.5) is 0 Å². The summed E-state index contributed by atoms with van der Waals surface area (Å²) in [7, 11) is 0. The molecule has 0 atom stereocenters. The molecule has 6 heteroatoms. The van der Waals surface area contributed by atoms with Crippen LogP contribution in [0.2, 0.25) is 0 Å². The molecule has 1 heterocycles. The average Bonchev–Trinajstić information content (AvgIpc) is 2.99. The number of hydrogen-bond acceptors (Lipinski definition) is 4. The number of aryl methyl sites for hydroxylation is 1. The van der Waals surface area contributed by atoms with Crippen LogP contribution in [0.15, 0.2) is 24.3 Å². The zero-order chi connectivity index (χ0) is 16.2. The second-order valence-electron chi connectivity index (χ2n) is 5.44. The van der Waals surface area contributed by atoms with E-state index in [1.807, 2.05) is 32.9 Å². The quantitative estimate of drug-likeness (QED) is 0.761. The Kier molecular flexibility index (Phi) is 4.92.